The molecule has 26 heavy (non-hydrogen) atoms. The van der Waals surface area contributed by atoms with Crippen LogP contribution < -0.4 is 16.4 Å². The van der Waals surface area contributed by atoms with Gasteiger partial charge in [0, 0.05) is 31.6 Å². The van der Waals surface area contributed by atoms with E-state index in [9.17, 15) is 9.59 Å². The lowest BCUT2D eigenvalue weighted by atomic mass is 10.1. The van der Waals surface area contributed by atoms with Gasteiger partial charge in [0.15, 0.2) is 0 Å². The molecule has 0 unspecified atom stereocenters. The lowest BCUT2D eigenvalue weighted by molar-refractivity contribution is -0.132. The molecule has 0 saturated carbocycles. The Hall–Kier alpha value is -1.38. The van der Waals surface area contributed by atoms with E-state index in [2.05, 4.69) is 10.6 Å². The topological polar surface area (TPSA) is 117 Å². The minimum absolute atomic E-state index is 0.0457. The van der Waals surface area contributed by atoms with Crippen molar-refractivity contribution in [2.75, 3.05) is 32.8 Å². The number of aliphatic hydroxyl groups is 1. The smallest absolute Gasteiger partial charge is 0.407 e. The quantitative estimate of drug-likeness (QED) is 0.576. The molecule has 0 atom stereocenters. The number of alkyl carbamates (subject to hydrolysis) is 1. The highest BCUT2D eigenvalue weighted by Crippen LogP contribution is 2.09. The lowest BCUT2D eigenvalue weighted by Gasteiger charge is -2.30. The van der Waals surface area contributed by atoms with Gasteiger partial charge in [0.1, 0.15) is 5.60 Å². The minimum Gasteiger partial charge on any atom is -0.444 e. The van der Waals surface area contributed by atoms with Gasteiger partial charge >= 0.3 is 6.09 Å². The third-order valence-corrected chi connectivity index (χ3v) is 4.28. The molecule has 2 fully saturated rings. The first kappa shape index (κ1) is 22.7. The van der Waals surface area contributed by atoms with Gasteiger partial charge in [0.2, 0.25) is 5.91 Å². The number of likely N-dealkylation sites (tertiary alicyclic amines) is 1. The summed E-state index contributed by atoms with van der Waals surface area (Å²) in [5.74, 6) is 0.0457. The fourth-order valence-electron chi connectivity index (χ4n) is 2.84. The zero-order chi connectivity index (χ0) is 19.6. The number of carbonyl (C=O) groups is 2. The van der Waals surface area contributed by atoms with Crippen LogP contribution in [0.4, 0.5) is 4.79 Å². The number of nitrogens with zero attached hydrogens (tertiary/aromatic N) is 1. The van der Waals surface area contributed by atoms with E-state index < -0.39 is 5.60 Å². The summed E-state index contributed by atoms with van der Waals surface area (Å²) in [6.45, 7) is 9.00. The van der Waals surface area contributed by atoms with Gasteiger partial charge in [-0.25, -0.2) is 4.79 Å². The van der Waals surface area contributed by atoms with E-state index in [1.807, 2.05) is 20.8 Å². The Kier molecular flexibility index (Phi) is 9.90. The number of amides is 2. The summed E-state index contributed by atoms with van der Waals surface area (Å²) >= 11 is 0. The molecular weight excluding hydrogens is 336 g/mol. The molecule has 8 heteroatoms. The van der Waals surface area contributed by atoms with E-state index in [0.717, 1.165) is 51.9 Å². The second-order valence-electron chi connectivity index (χ2n) is 7.86. The SMILES string of the molecule is CC(C)(C)OC(=O)NC1CCNCC1.NC1CCN(C(=O)CCO)CC1. The standard InChI is InChI=1S/C10H20N2O2.C8H16N2O2/c1-10(2,3)14-9(13)12-8-4-6-11-7-5-8;9-7-1-4-10(5-2-7)8(12)3-6-11/h8,11H,4-7H2,1-3H3,(H,12,13);7,11H,1-6,9H2. The van der Waals surface area contributed by atoms with Crippen molar-refractivity contribution in [2.45, 2.75) is 70.6 Å². The normalized spacial score (nSPS) is 19.3. The van der Waals surface area contributed by atoms with Crippen LogP contribution in [0.2, 0.25) is 0 Å². The monoisotopic (exact) mass is 372 g/mol. The van der Waals surface area contributed by atoms with Crippen molar-refractivity contribution < 1.29 is 19.4 Å². The van der Waals surface area contributed by atoms with Crippen LogP contribution in [0.1, 0.15) is 52.9 Å². The van der Waals surface area contributed by atoms with Crippen molar-refractivity contribution in [1.82, 2.24) is 15.5 Å². The molecule has 0 aromatic carbocycles. The highest BCUT2D eigenvalue weighted by molar-refractivity contribution is 5.76. The molecular formula is C18H36N4O4. The molecule has 2 rings (SSSR count). The van der Waals surface area contributed by atoms with E-state index in [0.29, 0.717) is 0 Å². The summed E-state index contributed by atoms with van der Waals surface area (Å²) < 4.78 is 5.17. The maximum Gasteiger partial charge on any atom is 0.407 e. The molecule has 152 valence electrons. The Morgan fingerprint density at radius 2 is 1.77 bits per heavy atom. The number of hydrogen-bond acceptors (Lipinski definition) is 6. The maximum absolute atomic E-state index is 11.4. The fourth-order valence-corrected chi connectivity index (χ4v) is 2.84. The van der Waals surface area contributed by atoms with Gasteiger partial charge in [-0.1, -0.05) is 0 Å². The van der Waals surface area contributed by atoms with Crippen molar-refractivity contribution in [1.29, 1.82) is 0 Å². The van der Waals surface area contributed by atoms with E-state index in [-0.39, 0.29) is 37.1 Å². The molecule has 0 aliphatic carbocycles. The Bertz CT molecular complexity index is 425. The zero-order valence-corrected chi connectivity index (χ0v) is 16.4. The molecule has 5 N–H and O–H groups in total. The second kappa shape index (κ2) is 11.4. The first-order valence-electron chi connectivity index (χ1n) is 9.55. The van der Waals surface area contributed by atoms with Crippen molar-refractivity contribution in [2.24, 2.45) is 5.73 Å². The van der Waals surface area contributed by atoms with Gasteiger partial charge in [-0.3, -0.25) is 4.79 Å². The van der Waals surface area contributed by atoms with Gasteiger partial charge in [0.25, 0.3) is 0 Å². The van der Waals surface area contributed by atoms with Gasteiger partial charge < -0.3 is 31.1 Å². The molecule has 0 spiro atoms. The molecule has 0 bridgehead atoms. The van der Waals surface area contributed by atoms with E-state index in [1.165, 1.54) is 0 Å². The number of piperidine rings is 2. The van der Waals surface area contributed by atoms with Crippen LogP contribution in [0.15, 0.2) is 0 Å². The Morgan fingerprint density at radius 1 is 1.19 bits per heavy atom. The van der Waals surface area contributed by atoms with Crippen molar-refractivity contribution in [3.63, 3.8) is 0 Å². The predicted molar refractivity (Wildman–Crippen MR) is 101 cm³/mol. The Labute approximate surface area is 156 Å². The van der Waals surface area contributed by atoms with Crippen LogP contribution in [0.5, 0.6) is 0 Å². The number of nitrogens with one attached hydrogen (secondary N) is 2. The number of hydrogen-bond donors (Lipinski definition) is 4. The highest BCUT2D eigenvalue weighted by Gasteiger charge is 2.21. The molecule has 2 heterocycles. The van der Waals surface area contributed by atoms with Gasteiger partial charge in [-0.05, 0) is 59.5 Å². The lowest BCUT2D eigenvalue weighted by Crippen LogP contribution is -2.44. The minimum atomic E-state index is -0.406. The summed E-state index contributed by atoms with van der Waals surface area (Å²) in [7, 11) is 0. The van der Waals surface area contributed by atoms with Crippen LogP contribution in [0, 0.1) is 0 Å². The van der Waals surface area contributed by atoms with Crippen LogP contribution in [0.3, 0.4) is 0 Å². The summed E-state index contributed by atoms with van der Waals surface area (Å²) in [5.41, 5.74) is 5.28. The van der Waals surface area contributed by atoms with Crippen LogP contribution in [-0.4, -0.2) is 72.5 Å². The van der Waals surface area contributed by atoms with Gasteiger partial charge in [0.05, 0.1) is 6.61 Å². The fraction of sp³-hybridized carbons (Fsp3) is 0.889. The number of rotatable bonds is 3. The predicted octanol–water partition coefficient (Wildman–Crippen LogP) is 0.582. The first-order valence-corrected chi connectivity index (χ1v) is 9.55. The average molecular weight is 373 g/mol. The van der Waals surface area contributed by atoms with Crippen LogP contribution >= 0.6 is 0 Å². The third kappa shape index (κ3) is 9.94. The first-order chi connectivity index (χ1) is 12.2. The van der Waals surface area contributed by atoms with E-state index in [4.69, 9.17) is 15.6 Å². The summed E-state index contributed by atoms with van der Waals surface area (Å²) in [5, 5.41) is 14.7. The highest BCUT2D eigenvalue weighted by atomic mass is 16.6. The van der Waals surface area contributed by atoms with Gasteiger partial charge in [-0.2, -0.15) is 0 Å². The Morgan fingerprint density at radius 3 is 2.27 bits per heavy atom. The molecule has 2 amide bonds. The molecule has 0 radical (unpaired) electrons. The average Bonchev–Trinajstić information content (AvgIpc) is 2.55. The van der Waals surface area contributed by atoms with Gasteiger partial charge in [-0.15, -0.1) is 0 Å². The van der Waals surface area contributed by atoms with E-state index >= 15 is 0 Å². The molecule has 0 aromatic heterocycles. The van der Waals surface area contributed by atoms with Crippen molar-refractivity contribution in [3.05, 3.63) is 0 Å². The summed E-state index contributed by atoms with van der Waals surface area (Å²) in [4.78, 5) is 24.4. The maximum atomic E-state index is 11.4. The Balaban J connectivity index is 0.000000263. The van der Waals surface area contributed by atoms with Crippen molar-refractivity contribution in [3.8, 4) is 0 Å². The molecule has 0 aromatic rings. The van der Waals surface area contributed by atoms with Crippen LogP contribution in [0.25, 0.3) is 0 Å². The summed E-state index contributed by atoms with van der Waals surface area (Å²) in [6, 6.07) is 0.522. The largest absolute Gasteiger partial charge is 0.444 e. The molecule has 2 saturated heterocycles. The zero-order valence-electron chi connectivity index (χ0n) is 16.4. The van der Waals surface area contributed by atoms with E-state index in [1.54, 1.807) is 4.90 Å². The van der Waals surface area contributed by atoms with Crippen molar-refractivity contribution >= 4 is 12.0 Å². The molecule has 2 aliphatic rings. The number of carbonyl (C=O) groups excluding carboxylic acids is 2. The molecule has 8 nitrogen and oxygen atoms in total. The summed E-state index contributed by atoms with van der Waals surface area (Å²) in [6.07, 6.45) is 3.69. The second-order valence-corrected chi connectivity index (χ2v) is 7.86. The third-order valence-electron chi connectivity index (χ3n) is 4.28. The molecule has 2 aliphatic heterocycles. The number of aliphatic hydroxyl groups excluding tert-OH is 1. The number of ether oxygens (including phenoxy) is 1. The number of nitrogens with two attached hydrogens (primary N) is 1. The van der Waals surface area contributed by atoms with Crippen LogP contribution in [-0.2, 0) is 9.53 Å².